The van der Waals surface area contributed by atoms with Crippen LogP contribution in [0.25, 0.3) is 0 Å². The van der Waals surface area contributed by atoms with Gasteiger partial charge in [0.15, 0.2) is 0 Å². The minimum atomic E-state index is 0.220. The largest absolute Gasteiger partial charge is 0.330 e. The zero-order chi connectivity index (χ0) is 13.8. The molecule has 0 radical (unpaired) electrons. The van der Waals surface area contributed by atoms with Crippen molar-refractivity contribution in [1.82, 2.24) is 0 Å². The van der Waals surface area contributed by atoms with E-state index in [1.165, 1.54) is 6.42 Å². The highest BCUT2D eigenvalue weighted by Gasteiger charge is 2.29. The fraction of sp³-hybridized carbons (Fsp3) is 0.938. The Morgan fingerprint density at radius 3 is 2.39 bits per heavy atom. The predicted molar refractivity (Wildman–Crippen MR) is 77.4 cm³/mol. The fourth-order valence-corrected chi connectivity index (χ4v) is 3.02. The molecule has 2 nitrogen and oxygen atoms in total. The maximum atomic E-state index is 12.3. The molecule has 1 aliphatic rings. The zero-order valence-electron chi connectivity index (χ0n) is 12.7. The molecular weight excluding hydrogens is 222 g/mol. The number of ketones is 1. The molecule has 0 heterocycles. The molecule has 0 aromatic heterocycles. The minimum absolute atomic E-state index is 0.220. The average Bonchev–Trinajstić information content (AvgIpc) is 2.30. The zero-order valence-corrected chi connectivity index (χ0v) is 12.7. The molecule has 1 rings (SSSR count). The van der Waals surface area contributed by atoms with E-state index < -0.39 is 0 Å². The van der Waals surface area contributed by atoms with Crippen molar-refractivity contribution in [3.05, 3.63) is 0 Å². The lowest BCUT2D eigenvalue weighted by molar-refractivity contribution is -0.125. The van der Waals surface area contributed by atoms with E-state index in [2.05, 4.69) is 27.7 Å². The van der Waals surface area contributed by atoms with Crippen molar-refractivity contribution < 1.29 is 4.79 Å². The number of Topliss-reactive ketones (excluding diaryl/α,β-unsaturated/α-hetero) is 1. The van der Waals surface area contributed by atoms with Gasteiger partial charge in [0.05, 0.1) is 0 Å². The van der Waals surface area contributed by atoms with Crippen LogP contribution >= 0.6 is 0 Å². The summed E-state index contributed by atoms with van der Waals surface area (Å²) in [7, 11) is 0. The van der Waals surface area contributed by atoms with E-state index in [1.54, 1.807) is 0 Å². The summed E-state index contributed by atoms with van der Waals surface area (Å²) < 4.78 is 0. The molecule has 2 N–H and O–H groups in total. The second kappa shape index (κ2) is 6.70. The molecule has 3 unspecified atom stereocenters. The highest BCUT2D eigenvalue weighted by molar-refractivity contribution is 5.81. The van der Waals surface area contributed by atoms with Gasteiger partial charge in [-0.25, -0.2) is 0 Å². The third kappa shape index (κ3) is 4.72. The van der Waals surface area contributed by atoms with Gasteiger partial charge in [-0.15, -0.1) is 0 Å². The monoisotopic (exact) mass is 253 g/mol. The molecule has 0 amide bonds. The van der Waals surface area contributed by atoms with Crippen LogP contribution in [0.2, 0.25) is 0 Å². The lowest BCUT2D eigenvalue weighted by Gasteiger charge is -2.32. The quantitative estimate of drug-likeness (QED) is 0.782. The Bertz CT molecular complexity index is 272. The summed E-state index contributed by atoms with van der Waals surface area (Å²) in [5, 5.41) is 0. The standard InChI is InChI=1S/C16H31NO/c1-12-5-6-14(11-13(12)2)15(18)7-8-16(3,4)9-10-17/h12-14H,5-11,17H2,1-4H3. The number of hydrogen-bond acceptors (Lipinski definition) is 2. The van der Waals surface area contributed by atoms with E-state index in [4.69, 9.17) is 5.73 Å². The van der Waals surface area contributed by atoms with Crippen molar-refractivity contribution in [3.8, 4) is 0 Å². The summed E-state index contributed by atoms with van der Waals surface area (Å²) in [6.07, 6.45) is 6.20. The summed E-state index contributed by atoms with van der Waals surface area (Å²) in [4.78, 5) is 12.3. The molecular formula is C16H31NO. The minimum Gasteiger partial charge on any atom is -0.330 e. The third-order valence-electron chi connectivity index (χ3n) is 4.92. The van der Waals surface area contributed by atoms with Crippen LogP contribution in [0, 0.1) is 23.2 Å². The summed E-state index contributed by atoms with van der Waals surface area (Å²) in [6, 6.07) is 0. The maximum Gasteiger partial charge on any atom is 0.136 e. The van der Waals surface area contributed by atoms with Crippen LogP contribution in [0.1, 0.15) is 66.2 Å². The van der Waals surface area contributed by atoms with Crippen molar-refractivity contribution in [3.63, 3.8) is 0 Å². The molecule has 0 bridgehead atoms. The first-order chi connectivity index (χ1) is 8.35. The first kappa shape index (κ1) is 15.7. The molecule has 18 heavy (non-hydrogen) atoms. The highest BCUT2D eigenvalue weighted by Crippen LogP contribution is 2.35. The Hall–Kier alpha value is -0.370. The van der Waals surface area contributed by atoms with Gasteiger partial charge in [-0.3, -0.25) is 4.79 Å². The molecule has 0 aliphatic heterocycles. The van der Waals surface area contributed by atoms with Gasteiger partial charge in [-0.05, 0) is 55.9 Å². The number of rotatable bonds is 6. The molecule has 0 aromatic carbocycles. The SMILES string of the molecule is CC1CCC(C(=O)CCC(C)(C)CCN)CC1C. The van der Waals surface area contributed by atoms with E-state index in [1.807, 2.05) is 0 Å². The number of carbonyl (C=O) groups is 1. The fourth-order valence-electron chi connectivity index (χ4n) is 3.02. The van der Waals surface area contributed by atoms with Crippen molar-refractivity contribution in [2.45, 2.75) is 66.2 Å². The second-order valence-electron chi connectivity index (χ2n) is 7.13. The Balaban J connectivity index is 2.37. The summed E-state index contributed by atoms with van der Waals surface area (Å²) in [5.74, 6) is 2.34. The molecule has 3 atom stereocenters. The Morgan fingerprint density at radius 2 is 1.83 bits per heavy atom. The smallest absolute Gasteiger partial charge is 0.136 e. The predicted octanol–water partition coefficient (Wildman–Crippen LogP) is 3.78. The van der Waals surface area contributed by atoms with Crippen LogP contribution in [-0.2, 0) is 4.79 Å². The number of carbonyl (C=O) groups excluding carboxylic acids is 1. The third-order valence-corrected chi connectivity index (χ3v) is 4.92. The van der Waals surface area contributed by atoms with Gasteiger partial charge in [-0.1, -0.05) is 27.7 Å². The van der Waals surface area contributed by atoms with Gasteiger partial charge in [0.25, 0.3) is 0 Å². The van der Waals surface area contributed by atoms with E-state index in [0.717, 1.165) is 44.6 Å². The van der Waals surface area contributed by atoms with Crippen LogP contribution in [0.4, 0.5) is 0 Å². The van der Waals surface area contributed by atoms with Gasteiger partial charge in [0.1, 0.15) is 5.78 Å². The first-order valence-corrected chi connectivity index (χ1v) is 7.58. The summed E-state index contributed by atoms with van der Waals surface area (Å²) in [6.45, 7) is 9.77. The Morgan fingerprint density at radius 1 is 1.17 bits per heavy atom. The van der Waals surface area contributed by atoms with Gasteiger partial charge in [0, 0.05) is 12.3 Å². The van der Waals surface area contributed by atoms with Crippen LogP contribution in [0.3, 0.4) is 0 Å². The normalized spacial score (nSPS) is 29.3. The van der Waals surface area contributed by atoms with Gasteiger partial charge in [-0.2, -0.15) is 0 Å². The lowest BCUT2D eigenvalue weighted by Crippen LogP contribution is -2.27. The molecule has 0 saturated heterocycles. The highest BCUT2D eigenvalue weighted by atomic mass is 16.1. The van der Waals surface area contributed by atoms with E-state index >= 15 is 0 Å². The van der Waals surface area contributed by atoms with Crippen LogP contribution in [-0.4, -0.2) is 12.3 Å². The van der Waals surface area contributed by atoms with Crippen molar-refractivity contribution in [2.24, 2.45) is 28.9 Å². The Labute approximate surface area is 113 Å². The summed E-state index contributed by atoms with van der Waals surface area (Å²) in [5.41, 5.74) is 5.83. The van der Waals surface area contributed by atoms with Crippen LogP contribution in [0.5, 0.6) is 0 Å². The summed E-state index contributed by atoms with van der Waals surface area (Å²) >= 11 is 0. The first-order valence-electron chi connectivity index (χ1n) is 7.58. The topological polar surface area (TPSA) is 43.1 Å². The average molecular weight is 253 g/mol. The maximum absolute atomic E-state index is 12.3. The van der Waals surface area contributed by atoms with Gasteiger partial charge >= 0.3 is 0 Å². The lowest BCUT2D eigenvalue weighted by atomic mass is 9.73. The number of nitrogens with two attached hydrogens (primary N) is 1. The molecule has 1 saturated carbocycles. The van der Waals surface area contributed by atoms with Crippen molar-refractivity contribution in [1.29, 1.82) is 0 Å². The van der Waals surface area contributed by atoms with E-state index in [9.17, 15) is 4.79 Å². The van der Waals surface area contributed by atoms with Gasteiger partial charge < -0.3 is 5.73 Å². The van der Waals surface area contributed by atoms with Crippen molar-refractivity contribution in [2.75, 3.05) is 6.54 Å². The van der Waals surface area contributed by atoms with Crippen molar-refractivity contribution >= 4 is 5.78 Å². The molecule has 106 valence electrons. The van der Waals surface area contributed by atoms with Gasteiger partial charge in [0.2, 0.25) is 0 Å². The molecule has 0 aromatic rings. The second-order valence-corrected chi connectivity index (χ2v) is 7.13. The van der Waals surface area contributed by atoms with Crippen LogP contribution in [0.15, 0.2) is 0 Å². The van der Waals surface area contributed by atoms with Crippen LogP contribution < -0.4 is 5.73 Å². The molecule has 1 fully saturated rings. The number of hydrogen-bond donors (Lipinski definition) is 1. The molecule has 0 spiro atoms. The van der Waals surface area contributed by atoms with E-state index in [-0.39, 0.29) is 5.41 Å². The van der Waals surface area contributed by atoms with E-state index in [0.29, 0.717) is 17.6 Å². The Kier molecular flexibility index (Phi) is 5.84. The molecule has 1 aliphatic carbocycles. The molecule has 2 heteroatoms.